The molecule has 0 saturated carbocycles. The van der Waals surface area contributed by atoms with E-state index in [0.717, 1.165) is 37.0 Å². The third-order valence-electron chi connectivity index (χ3n) is 4.50. The summed E-state index contributed by atoms with van der Waals surface area (Å²) in [7, 11) is 0. The van der Waals surface area contributed by atoms with Gasteiger partial charge in [-0.05, 0) is 42.7 Å². The minimum Gasteiger partial charge on any atom is -0.494 e. The highest BCUT2D eigenvalue weighted by Crippen LogP contribution is 2.11. The molecule has 0 saturated heterocycles. The second-order valence-corrected chi connectivity index (χ2v) is 7.21. The van der Waals surface area contributed by atoms with Gasteiger partial charge in [0.05, 0.1) is 19.4 Å². The van der Waals surface area contributed by atoms with Gasteiger partial charge < -0.3 is 10.1 Å². The van der Waals surface area contributed by atoms with Crippen LogP contribution < -0.4 is 15.5 Å². The van der Waals surface area contributed by atoms with Crippen LogP contribution in [-0.2, 0) is 9.59 Å². The van der Waals surface area contributed by atoms with Crippen molar-refractivity contribution < 1.29 is 14.3 Å². The van der Waals surface area contributed by atoms with Gasteiger partial charge in [0, 0.05) is 6.42 Å². The first kappa shape index (κ1) is 24.7. The van der Waals surface area contributed by atoms with Crippen molar-refractivity contribution in [3.05, 3.63) is 29.8 Å². The van der Waals surface area contributed by atoms with Crippen LogP contribution >= 0.6 is 0 Å². The van der Waals surface area contributed by atoms with Crippen LogP contribution in [0.5, 0.6) is 5.75 Å². The van der Waals surface area contributed by atoms with Gasteiger partial charge in [-0.2, -0.15) is 5.10 Å². The molecule has 6 heteroatoms. The zero-order valence-electron chi connectivity index (χ0n) is 18.0. The maximum atomic E-state index is 11.8. The van der Waals surface area contributed by atoms with E-state index in [2.05, 4.69) is 29.7 Å². The molecule has 0 aromatic heterocycles. The number of hydrogen-bond acceptors (Lipinski definition) is 4. The van der Waals surface area contributed by atoms with Gasteiger partial charge in [-0.1, -0.05) is 58.8 Å². The first-order valence-corrected chi connectivity index (χ1v) is 11.0. The zero-order valence-corrected chi connectivity index (χ0v) is 18.0. The monoisotopic (exact) mass is 403 g/mol. The number of hydrazone groups is 1. The Hall–Kier alpha value is -2.37. The Labute approximate surface area is 175 Å². The van der Waals surface area contributed by atoms with Crippen molar-refractivity contribution >= 4 is 18.0 Å². The number of hydrogen-bond donors (Lipinski definition) is 2. The van der Waals surface area contributed by atoms with Crippen molar-refractivity contribution in [3.8, 4) is 5.75 Å². The number of amides is 2. The molecule has 0 aliphatic rings. The minimum atomic E-state index is -0.339. The molecule has 0 aliphatic heterocycles. The van der Waals surface area contributed by atoms with Gasteiger partial charge in [0.25, 0.3) is 5.91 Å². The predicted octanol–water partition coefficient (Wildman–Crippen LogP) is 4.57. The lowest BCUT2D eigenvalue weighted by Gasteiger charge is -2.05. The number of unbranched alkanes of at least 4 members (excludes halogenated alkanes) is 7. The van der Waals surface area contributed by atoms with Crippen molar-refractivity contribution in [2.75, 3.05) is 13.2 Å². The van der Waals surface area contributed by atoms with Crippen molar-refractivity contribution in [2.24, 2.45) is 5.10 Å². The minimum absolute atomic E-state index is 0.0587. The molecule has 0 aliphatic carbocycles. The highest BCUT2D eigenvalue weighted by atomic mass is 16.5. The van der Waals surface area contributed by atoms with Gasteiger partial charge in [-0.15, -0.1) is 0 Å². The Bertz CT molecular complexity index is 600. The number of benzene rings is 1. The van der Waals surface area contributed by atoms with Crippen LogP contribution in [0.3, 0.4) is 0 Å². The Morgan fingerprint density at radius 2 is 1.55 bits per heavy atom. The van der Waals surface area contributed by atoms with Crippen LogP contribution in [0.1, 0.15) is 83.6 Å². The molecule has 162 valence electrons. The number of carbonyl (C=O) groups is 2. The summed E-state index contributed by atoms with van der Waals surface area (Å²) in [4.78, 5) is 23.5. The molecule has 1 rings (SSSR count). The van der Waals surface area contributed by atoms with E-state index in [0.29, 0.717) is 13.0 Å². The van der Waals surface area contributed by atoms with E-state index >= 15 is 0 Å². The molecule has 1 aromatic rings. The molecule has 2 amide bonds. The van der Waals surface area contributed by atoms with Gasteiger partial charge in [0.1, 0.15) is 5.75 Å². The summed E-state index contributed by atoms with van der Waals surface area (Å²) in [6, 6.07) is 7.51. The SMILES string of the molecule is CCCCCCCCCC(=O)NCC(=O)N/N=C\c1ccc(OCCCC)cc1. The molecule has 2 N–H and O–H groups in total. The molecule has 0 atom stereocenters. The number of carbonyl (C=O) groups excluding carboxylic acids is 2. The second-order valence-electron chi connectivity index (χ2n) is 7.21. The lowest BCUT2D eigenvalue weighted by Crippen LogP contribution is -2.34. The first-order chi connectivity index (χ1) is 14.2. The largest absolute Gasteiger partial charge is 0.494 e. The zero-order chi connectivity index (χ0) is 21.2. The predicted molar refractivity (Wildman–Crippen MR) is 118 cm³/mol. The fraction of sp³-hybridized carbons (Fsp3) is 0.609. The standard InChI is InChI=1S/C23H37N3O3/c1-3-5-7-8-9-10-11-12-22(27)24-19-23(28)26-25-18-20-13-15-21(16-14-20)29-17-6-4-2/h13-16,18H,3-12,17,19H2,1-2H3,(H,24,27)(H,26,28)/b25-18-. The van der Waals surface area contributed by atoms with Crippen LogP contribution in [0.2, 0.25) is 0 Å². The second kappa shape index (κ2) is 16.6. The summed E-state index contributed by atoms with van der Waals surface area (Å²) in [5.41, 5.74) is 3.28. The molecule has 0 spiro atoms. The van der Waals surface area contributed by atoms with E-state index in [4.69, 9.17) is 4.74 Å². The smallest absolute Gasteiger partial charge is 0.259 e. The van der Waals surface area contributed by atoms with Gasteiger partial charge in [0.2, 0.25) is 5.91 Å². The van der Waals surface area contributed by atoms with Crippen LogP contribution in [0.15, 0.2) is 29.4 Å². The lowest BCUT2D eigenvalue weighted by atomic mass is 10.1. The third kappa shape index (κ3) is 13.4. The van der Waals surface area contributed by atoms with E-state index in [1.165, 1.54) is 32.1 Å². The highest BCUT2D eigenvalue weighted by Gasteiger charge is 2.04. The number of nitrogens with one attached hydrogen (secondary N) is 2. The van der Waals surface area contributed by atoms with Crippen molar-refractivity contribution in [2.45, 2.75) is 78.1 Å². The average molecular weight is 404 g/mol. The van der Waals surface area contributed by atoms with E-state index in [1.54, 1.807) is 6.21 Å². The van der Waals surface area contributed by atoms with Gasteiger partial charge in [-0.25, -0.2) is 5.43 Å². The summed E-state index contributed by atoms with van der Waals surface area (Å²) in [5.74, 6) is 0.397. The van der Waals surface area contributed by atoms with Crippen molar-refractivity contribution in [1.29, 1.82) is 0 Å². The summed E-state index contributed by atoms with van der Waals surface area (Å²) in [6.45, 7) is 4.98. The van der Waals surface area contributed by atoms with E-state index in [9.17, 15) is 9.59 Å². The number of ether oxygens (including phenoxy) is 1. The number of rotatable bonds is 16. The van der Waals surface area contributed by atoms with Crippen molar-refractivity contribution in [3.63, 3.8) is 0 Å². The topological polar surface area (TPSA) is 79.8 Å². The number of nitrogens with zero attached hydrogens (tertiary/aromatic N) is 1. The highest BCUT2D eigenvalue weighted by molar-refractivity contribution is 5.86. The summed E-state index contributed by atoms with van der Waals surface area (Å²) in [6.07, 6.45) is 12.3. The van der Waals surface area contributed by atoms with E-state index in [-0.39, 0.29) is 18.4 Å². The Kier molecular flexibility index (Phi) is 14.1. The van der Waals surface area contributed by atoms with Crippen molar-refractivity contribution in [1.82, 2.24) is 10.7 Å². The molecule has 0 bridgehead atoms. The maximum absolute atomic E-state index is 11.8. The molecular formula is C23H37N3O3. The Morgan fingerprint density at radius 3 is 2.24 bits per heavy atom. The van der Waals surface area contributed by atoms with Crippen LogP contribution in [0.4, 0.5) is 0 Å². The lowest BCUT2D eigenvalue weighted by molar-refractivity contribution is -0.126. The molecule has 1 aromatic carbocycles. The first-order valence-electron chi connectivity index (χ1n) is 11.0. The summed E-state index contributed by atoms with van der Waals surface area (Å²) in [5, 5.41) is 6.55. The average Bonchev–Trinajstić information content (AvgIpc) is 2.73. The Morgan fingerprint density at radius 1 is 0.897 bits per heavy atom. The van der Waals surface area contributed by atoms with E-state index in [1.807, 2.05) is 24.3 Å². The molecule has 0 radical (unpaired) electrons. The van der Waals surface area contributed by atoms with E-state index < -0.39 is 0 Å². The molecule has 29 heavy (non-hydrogen) atoms. The molecular weight excluding hydrogens is 366 g/mol. The molecule has 0 fully saturated rings. The van der Waals surface area contributed by atoms with Crippen LogP contribution in [0, 0.1) is 0 Å². The fourth-order valence-corrected chi connectivity index (χ4v) is 2.71. The fourth-order valence-electron chi connectivity index (χ4n) is 2.71. The summed E-state index contributed by atoms with van der Waals surface area (Å²) < 4.78 is 5.60. The maximum Gasteiger partial charge on any atom is 0.259 e. The molecule has 0 unspecified atom stereocenters. The molecule has 6 nitrogen and oxygen atoms in total. The van der Waals surface area contributed by atoms with Gasteiger partial charge >= 0.3 is 0 Å². The third-order valence-corrected chi connectivity index (χ3v) is 4.50. The Balaban J connectivity index is 2.12. The van der Waals surface area contributed by atoms with Crippen LogP contribution in [-0.4, -0.2) is 31.2 Å². The molecule has 0 heterocycles. The summed E-state index contributed by atoms with van der Waals surface area (Å²) >= 11 is 0. The van der Waals surface area contributed by atoms with Gasteiger partial charge in [-0.3, -0.25) is 9.59 Å². The van der Waals surface area contributed by atoms with Gasteiger partial charge in [0.15, 0.2) is 0 Å². The van der Waals surface area contributed by atoms with Crippen LogP contribution in [0.25, 0.3) is 0 Å². The normalized spacial score (nSPS) is 10.8. The quantitative estimate of drug-likeness (QED) is 0.241.